The lowest BCUT2D eigenvalue weighted by molar-refractivity contribution is 0.190. The minimum Gasteiger partial charge on any atom is -0.383 e. The van der Waals surface area contributed by atoms with E-state index in [0.29, 0.717) is 6.04 Å². The molecule has 0 bridgehead atoms. The number of hydrogen-bond donors (Lipinski definition) is 1. The molecule has 0 aliphatic carbocycles. The van der Waals surface area contributed by atoms with Crippen molar-refractivity contribution < 1.29 is 9.47 Å². The van der Waals surface area contributed by atoms with E-state index in [-0.39, 0.29) is 0 Å². The Morgan fingerprint density at radius 3 is 2.00 bits per heavy atom. The molecule has 4 heteroatoms. The number of ether oxygens (including phenoxy) is 2. The molecule has 0 saturated heterocycles. The fraction of sp³-hybridized carbons (Fsp3) is 0.625. The van der Waals surface area contributed by atoms with E-state index in [9.17, 15) is 0 Å². The van der Waals surface area contributed by atoms with Gasteiger partial charge in [-0.3, -0.25) is 0 Å². The number of benzene rings is 1. The van der Waals surface area contributed by atoms with Crippen LogP contribution in [0.4, 0.5) is 5.69 Å². The Morgan fingerprint density at radius 1 is 1.05 bits per heavy atom. The van der Waals surface area contributed by atoms with Crippen molar-refractivity contribution in [2.24, 2.45) is 0 Å². The quantitative estimate of drug-likeness (QED) is 0.714. The molecule has 0 heterocycles. The molecule has 1 N–H and O–H groups in total. The Kier molecular flexibility index (Phi) is 8.26. The standard InChI is InChI=1S/C16H28N2O2/c1-5-16(17-2)14-6-8-15(9-7-14)18(10-12-19-3)11-13-20-4/h6-9,16-17H,5,10-13H2,1-4H3. The summed E-state index contributed by atoms with van der Waals surface area (Å²) in [5.41, 5.74) is 2.55. The Balaban J connectivity index is 2.75. The zero-order valence-corrected chi connectivity index (χ0v) is 13.2. The Morgan fingerprint density at radius 2 is 1.60 bits per heavy atom. The lowest BCUT2D eigenvalue weighted by Gasteiger charge is -2.25. The predicted molar refractivity (Wildman–Crippen MR) is 84.5 cm³/mol. The van der Waals surface area contributed by atoms with Crippen LogP contribution in [0.5, 0.6) is 0 Å². The highest BCUT2D eigenvalue weighted by Gasteiger charge is 2.09. The molecule has 0 amide bonds. The van der Waals surface area contributed by atoms with Gasteiger partial charge in [-0.2, -0.15) is 0 Å². The third-order valence-corrected chi connectivity index (χ3v) is 3.55. The van der Waals surface area contributed by atoms with Gasteiger partial charge < -0.3 is 19.7 Å². The van der Waals surface area contributed by atoms with Crippen LogP contribution in [0.2, 0.25) is 0 Å². The third kappa shape index (κ3) is 5.12. The summed E-state index contributed by atoms with van der Waals surface area (Å²) in [5, 5.41) is 3.33. The lowest BCUT2D eigenvalue weighted by Crippen LogP contribution is -2.30. The van der Waals surface area contributed by atoms with Crippen LogP contribution in [0.15, 0.2) is 24.3 Å². The second-order valence-corrected chi connectivity index (χ2v) is 4.81. The largest absolute Gasteiger partial charge is 0.383 e. The minimum atomic E-state index is 0.426. The summed E-state index contributed by atoms with van der Waals surface area (Å²) in [6, 6.07) is 9.19. The molecule has 0 aliphatic heterocycles. The van der Waals surface area contributed by atoms with Crippen LogP contribution >= 0.6 is 0 Å². The average Bonchev–Trinajstić information content (AvgIpc) is 2.50. The summed E-state index contributed by atoms with van der Waals surface area (Å²) in [4.78, 5) is 2.29. The SMILES string of the molecule is CCC(NC)c1ccc(N(CCOC)CCOC)cc1. The van der Waals surface area contributed by atoms with Gasteiger partial charge in [0.05, 0.1) is 13.2 Å². The summed E-state index contributed by atoms with van der Waals surface area (Å²) in [6.07, 6.45) is 1.09. The Hall–Kier alpha value is -1.10. The number of nitrogens with zero attached hydrogens (tertiary/aromatic N) is 1. The molecule has 0 saturated carbocycles. The fourth-order valence-corrected chi connectivity index (χ4v) is 2.30. The monoisotopic (exact) mass is 280 g/mol. The molecule has 114 valence electrons. The van der Waals surface area contributed by atoms with Gasteiger partial charge in [0.2, 0.25) is 0 Å². The van der Waals surface area contributed by atoms with E-state index in [1.165, 1.54) is 11.3 Å². The second-order valence-electron chi connectivity index (χ2n) is 4.81. The molecule has 0 aromatic heterocycles. The minimum absolute atomic E-state index is 0.426. The van der Waals surface area contributed by atoms with Gasteiger partial charge in [-0.05, 0) is 31.2 Å². The van der Waals surface area contributed by atoms with Crippen molar-refractivity contribution in [1.29, 1.82) is 0 Å². The van der Waals surface area contributed by atoms with E-state index in [1.54, 1.807) is 14.2 Å². The van der Waals surface area contributed by atoms with E-state index >= 15 is 0 Å². The molecule has 20 heavy (non-hydrogen) atoms. The van der Waals surface area contributed by atoms with E-state index in [4.69, 9.17) is 9.47 Å². The van der Waals surface area contributed by atoms with Gasteiger partial charge in [0.15, 0.2) is 0 Å². The van der Waals surface area contributed by atoms with E-state index in [1.807, 2.05) is 7.05 Å². The van der Waals surface area contributed by atoms with Crippen LogP contribution in [0, 0.1) is 0 Å². The van der Waals surface area contributed by atoms with Crippen molar-refractivity contribution in [3.63, 3.8) is 0 Å². The van der Waals surface area contributed by atoms with Gasteiger partial charge in [-0.1, -0.05) is 19.1 Å². The molecule has 0 aliphatic rings. The normalized spacial score (nSPS) is 12.4. The number of nitrogens with one attached hydrogen (secondary N) is 1. The summed E-state index contributed by atoms with van der Waals surface area (Å²) in [6.45, 7) is 5.39. The van der Waals surface area contributed by atoms with E-state index in [2.05, 4.69) is 41.4 Å². The Labute approximate surface area is 123 Å². The molecular weight excluding hydrogens is 252 g/mol. The van der Waals surface area contributed by atoms with Gasteiger partial charge in [0.1, 0.15) is 0 Å². The highest BCUT2D eigenvalue weighted by atomic mass is 16.5. The molecule has 1 unspecified atom stereocenters. The summed E-state index contributed by atoms with van der Waals surface area (Å²) in [5.74, 6) is 0. The molecule has 1 atom stereocenters. The van der Waals surface area contributed by atoms with Crippen LogP contribution < -0.4 is 10.2 Å². The van der Waals surface area contributed by atoms with Crippen LogP contribution in [-0.4, -0.2) is 47.6 Å². The van der Waals surface area contributed by atoms with Crippen LogP contribution in [-0.2, 0) is 9.47 Å². The number of hydrogen-bond acceptors (Lipinski definition) is 4. The third-order valence-electron chi connectivity index (χ3n) is 3.55. The summed E-state index contributed by atoms with van der Waals surface area (Å²) in [7, 11) is 5.47. The molecule has 1 aromatic rings. The average molecular weight is 280 g/mol. The number of methoxy groups -OCH3 is 2. The van der Waals surface area contributed by atoms with E-state index < -0.39 is 0 Å². The molecule has 0 spiro atoms. The van der Waals surface area contributed by atoms with Crippen molar-refractivity contribution in [2.45, 2.75) is 19.4 Å². The Bertz CT molecular complexity index is 342. The number of rotatable bonds is 10. The fourth-order valence-electron chi connectivity index (χ4n) is 2.30. The maximum Gasteiger partial charge on any atom is 0.0637 e. The predicted octanol–water partition coefficient (Wildman–Crippen LogP) is 2.46. The summed E-state index contributed by atoms with van der Waals surface area (Å²) < 4.78 is 10.4. The van der Waals surface area contributed by atoms with Gasteiger partial charge in [-0.25, -0.2) is 0 Å². The lowest BCUT2D eigenvalue weighted by atomic mass is 10.0. The second kappa shape index (κ2) is 9.75. The molecular formula is C16H28N2O2. The first-order valence-corrected chi connectivity index (χ1v) is 7.26. The van der Waals surface area contributed by atoms with Crippen LogP contribution in [0.1, 0.15) is 24.9 Å². The first-order chi connectivity index (χ1) is 9.76. The zero-order valence-electron chi connectivity index (χ0n) is 13.2. The van der Waals surface area contributed by atoms with Gasteiger partial charge in [-0.15, -0.1) is 0 Å². The topological polar surface area (TPSA) is 33.7 Å². The van der Waals surface area contributed by atoms with Crippen molar-refractivity contribution in [1.82, 2.24) is 5.32 Å². The highest BCUT2D eigenvalue weighted by molar-refractivity contribution is 5.48. The maximum absolute atomic E-state index is 5.18. The molecule has 0 fully saturated rings. The highest BCUT2D eigenvalue weighted by Crippen LogP contribution is 2.21. The smallest absolute Gasteiger partial charge is 0.0637 e. The molecule has 1 rings (SSSR count). The van der Waals surface area contributed by atoms with Crippen molar-refractivity contribution in [3.8, 4) is 0 Å². The molecule has 1 aromatic carbocycles. The molecule has 0 radical (unpaired) electrons. The molecule has 4 nitrogen and oxygen atoms in total. The van der Waals surface area contributed by atoms with E-state index in [0.717, 1.165) is 32.7 Å². The number of anilines is 1. The first kappa shape index (κ1) is 17.0. The summed E-state index contributed by atoms with van der Waals surface area (Å²) >= 11 is 0. The van der Waals surface area contributed by atoms with Crippen molar-refractivity contribution in [2.75, 3.05) is 52.5 Å². The van der Waals surface area contributed by atoms with Gasteiger partial charge in [0.25, 0.3) is 0 Å². The van der Waals surface area contributed by atoms with Gasteiger partial charge in [0, 0.05) is 39.0 Å². The van der Waals surface area contributed by atoms with Crippen molar-refractivity contribution in [3.05, 3.63) is 29.8 Å². The van der Waals surface area contributed by atoms with Crippen LogP contribution in [0.3, 0.4) is 0 Å². The zero-order chi connectivity index (χ0) is 14.8. The first-order valence-electron chi connectivity index (χ1n) is 7.26. The van der Waals surface area contributed by atoms with Gasteiger partial charge >= 0.3 is 0 Å². The maximum atomic E-state index is 5.18. The van der Waals surface area contributed by atoms with Crippen LogP contribution in [0.25, 0.3) is 0 Å². The van der Waals surface area contributed by atoms with Crippen molar-refractivity contribution >= 4 is 5.69 Å².